The van der Waals surface area contributed by atoms with Gasteiger partial charge < -0.3 is 20.3 Å². The number of rotatable bonds is 8. The van der Waals surface area contributed by atoms with Gasteiger partial charge in [-0.1, -0.05) is 0 Å². The number of anilines is 3. The summed E-state index contributed by atoms with van der Waals surface area (Å²) in [5, 5.41) is 15.5. The smallest absolute Gasteiger partial charge is 0.252 e. The van der Waals surface area contributed by atoms with Crippen molar-refractivity contribution < 1.29 is 14.3 Å². The number of nitrogens with one attached hydrogen (secondary N) is 2. The van der Waals surface area contributed by atoms with E-state index in [9.17, 15) is 14.9 Å². The van der Waals surface area contributed by atoms with Crippen LogP contribution in [-0.2, 0) is 9.53 Å². The van der Waals surface area contributed by atoms with Crippen molar-refractivity contribution in [2.24, 2.45) is 11.3 Å². The van der Waals surface area contributed by atoms with Crippen LogP contribution in [0.25, 0.3) is 0 Å². The van der Waals surface area contributed by atoms with Gasteiger partial charge in [0, 0.05) is 44.3 Å². The highest BCUT2D eigenvalue weighted by Gasteiger charge is 2.56. The van der Waals surface area contributed by atoms with Crippen molar-refractivity contribution >= 4 is 29.1 Å². The van der Waals surface area contributed by atoms with E-state index >= 15 is 0 Å². The summed E-state index contributed by atoms with van der Waals surface area (Å²) >= 11 is 0. The van der Waals surface area contributed by atoms with E-state index in [0.29, 0.717) is 49.0 Å². The first-order valence-electron chi connectivity index (χ1n) is 10.3. The number of pyridine rings is 2. The minimum absolute atomic E-state index is 0.114. The lowest BCUT2D eigenvalue weighted by molar-refractivity contribution is -0.123. The summed E-state index contributed by atoms with van der Waals surface area (Å²) in [5.74, 6) is 0.895. The maximum absolute atomic E-state index is 13.0. The Morgan fingerprint density at radius 3 is 2.84 bits per heavy atom. The highest BCUT2D eigenvalue weighted by Crippen LogP contribution is 2.51. The van der Waals surface area contributed by atoms with Gasteiger partial charge in [-0.3, -0.25) is 9.59 Å². The van der Waals surface area contributed by atoms with E-state index in [2.05, 4.69) is 26.7 Å². The van der Waals surface area contributed by atoms with E-state index in [1.54, 1.807) is 42.5 Å². The number of methoxy groups -OCH3 is 1. The molecule has 0 radical (unpaired) electrons. The summed E-state index contributed by atoms with van der Waals surface area (Å²) < 4.78 is 4.91. The molecule has 3 heterocycles. The Labute approximate surface area is 180 Å². The predicted octanol–water partition coefficient (Wildman–Crippen LogP) is 2.25. The van der Waals surface area contributed by atoms with Crippen LogP contribution in [-0.4, -0.2) is 48.6 Å². The highest BCUT2D eigenvalue weighted by atomic mass is 16.5. The van der Waals surface area contributed by atoms with Crippen molar-refractivity contribution in [2.75, 3.05) is 37.0 Å². The highest BCUT2D eigenvalue weighted by molar-refractivity contribution is 6.02. The van der Waals surface area contributed by atoms with Gasteiger partial charge >= 0.3 is 0 Å². The number of carbonyl (C=O) groups is 2. The first-order valence-corrected chi connectivity index (χ1v) is 10.3. The Balaban J connectivity index is 1.43. The SMILES string of the molecule is COCCNC(=O)c1ccc(Nc2cc(N3CC[C@@](C#N)(C4CC4)C3=O)ccn2)nc1. The average Bonchev–Trinajstić information content (AvgIpc) is 3.58. The lowest BCUT2D eigenvalue weighted by atomic mass is 9.83. The van der Waals surface area contributed by atoms with Gasteiger partial charge in [0.15, 0.2) is 0 Å². The van der Waals surface area contributed by atoms with Gasteiger partial charge in [0.05, 0.1) is 18.2 Å². The average molecular weight is 420 g/mol. The molecule has 160 valence electrons. The number of aromatic nitrogens is 2. The maximum Gasteiger partial charge on any atom is 0.252 e. The molecule has 9 nitrogen and oxygen atoms in total. The molecule has 9 heteroatoms. The molecule has 1 saturated heterocycles. The summed E-state index contributed by atoms with van der Waals surface area (Å²) in [7, 11) is 1.57. The quantitative estimate of drug-likeness (QED) is 0.629. The minimum Gasteiger partial charge on any atom is -0.383 e. The molecule has 2 amide bonds. The Morgan fingerprint density at radius 2 is 2.16 bits per heavy atom. The second-order valence-corrected chi connectivity index (χ2v) is 7.77. The van der Waals surface area contributed by atoms with Crippen molar-refractivity contribution in [1.82, 2.24) is 15.3 Å². The van der Waals surface area contributed by atoms with Gasteiger partial charge in [0.25, 0.3) is 5.91 Å². The largest absolute Gasteiger partial charge is 0.383 e. The van der Waals surface area contributed by atoms with E-state index in [0.717, 1.165) is 12.8 Å². The molecule has 1 aliphatic heterocycles. The van der Waals surface area contributed by atoms with Crippen LogP contribution in [0.2, 0.25) is 0 Å². The van der Waals surface area contributed by atoms with Crippen LogP contribution in [0.3, 0.4) is 0 Å². The zero-order valence-electron chi connectivity index (χ0n) is 17.3. The summed E-state index contributed by atoms with van der Waals surface area (Å²) in [6, 6.07) is 9.20. The Hall–Kier alpha value is -3.51. The number of amides is 2. The number of carbonyl (C=O) groups excluding carboxylic acids is 2. The van der Waals surface area contributed by atoms with Crippen molar-refractivity contribution in [3.8, 4) is 6.07 Å². The molecule has 2 aromatic heterocycles. The third-order valence-electron chi connectivity index (χ3n) is 5.76. The molecule has 1 saturated carbocycles. The van der Waals surface area contributed by atoms with Gasteiger partial charge in [0.2, 0.25) is 5.91 Å². The molecule has 0 spiro atoms. The monoisotopic (exact) mass is 420 g/mol. The zero-order chi connectivity index (χ0) is 21.8. The van der Waals surface area contributed by atoms with Crippen LogP contribution in [0.1, 0.15) is 29.6 Å². The van der Waals surface area contributed by atoms with Crippen molar-refractivity contribution in [1.29, 1.82) is 5.26 Å². The second-order valence-electron chi connectivity index (χ2n) is 7.77. The van der Waals surface area contributed by atoms with Crippen molar-refractivity contribution in [3.05, 3.63) is 42.2 Å². The number of hydrogen-bond acceptors (Lipinski definition) is 7. The fourth-order valence-corrected chi connectivity index (χ4v) is 3.89. The molecule has 2 N–H and O–H groups in total. The zero-order valence-corrected chi connectivity index (χ0v) is 17.3. The molecule has 1 atom stereocenters. The van der Waals surface area contributed by atoms with Crippen molar-refractivity contribution in [3.63, 3.8) is 0 Å². The summed E-state index contributed by atoms with van der Waals surface area (Å²) in [4.78, 5) is 35.3. The predicted molar refractivity (Wildman–Crippen MR) is 114 cm³/mol. The summed E-state index contributed by atoms with van der Waals surface area (Å²) in [6.45, 7) is 1.39. The molecule has 0 aromatic carbocycles. The molecule has 0 unspecified atom stereocenters. The van der Waals surface area contributed by atoms with Crippen molar-refractivity contribution in [2.45, 2.75) is 19.3 Å². The molecule has 4 rings (SSSR count). The fourth-order valence-electron chi connectivity index (χ4n) is 3.89. The van der Waals surface area contributed by atoms with Gasteiger partial charge in [0.1, 0.15) is 17.1 Å². The lowest BCUT2D eigenvalue weighted by Gasteiger charge is -2.21. The molecule has 31 heavy (non-hydrogen) atoms. The number of hydrogen-bond donors (Lipinski definition) is 2. The molecular formula is C22H24N6O3. The normalized spacial score (nSPS) is 20.4. The molecule has 0 bridgehead atoms. The molecule has 2 fully saturated rings. The Kier molecular flexibility index (Phi) is 5.82. The van der Waals surface area contributed by atoms with Crippen LogP contribution in [0.15, 0.2) is 36.7 Å². The second kappa shape index (κ2) is 8.70. The van der Waals surface area contributed by atoms with Crippen LogP contribution in [0.5, 0.6) is 0 Å². The minimum atomic E-state index is -0.877. The molecule has 1 aliphatic carbocycles. The number of nitriles is 1. The van der Waals surface area contributed by atoms with Gasteiger partial charge in [-0.2, -0.15) is 5.26 Å². The standard InChI is InChI=1S/C22H24N6O3/c1-31-11-9-25-20(29)15-2-5-18(26-13-15)27-19-12-17(6-8-24-19)28-10-7-22(14-23,21(28)30)16-3-4-16/h2,5-6,8,12-13,16H,3-4,7,9-11H2,1H3,(H,25,29)(H,24,26,27)/t22-/m1/s1. The van der Waals surface area contributed by atoms with Gasteiger partial charge in [-0.25, -0.2) is 9.97 Å². The van der Waals surface area contributed by atoms with E-state index in [4.69, 9.17) is 4.74 Å². The number of nitrogens with zero attached hydrogens (tertiary/aromatic N) is 4. The Bertz CT molecular complexity index is 1010. The topological polar surface area (TPSA) is 120 Å². The van der Waals surface area contributed by atoms with E-state index < -0.39 is 5.41 Å². The summed E-state index contributed by atoms with van der Waals surface area (Å²) in [5.41, 5.74) is 0.270. The first-order chi connectivity index (χ1) is 15.1. The fraction of sp³-hybridized carbons (Fsp3) is 0.409. The number of ether oxygens (including phenoxy) is 1. The van der Waals surface area contributed by atoms with Gasteiger partial charge in [-0.05, 0) is 43.4 Å². The maximum atomic E-state index is 13.0. The van der Waals surface area contributed by atoms with Crippen LogP contribution in [0.4, 0.5) is 17.3 Å². The van der Waals surface area contributed by atoms with E-state index in [1.165, 1.54) is 6.20 Å². The third kappa shape index (κ3) is 4.20. The first kappa shape index (κ1) is 20.8. The molecular weight excluding hydrogens is 396 g/mol. The van der Waals surface area contributed by atoms with Crippen LogP contribution in [0, 0.1) is 22.7 Å². The lowest BCUT2D eigenvalue weighted by Crippen LogP contribution is -2.35. The van der Waals surface area contributed by atoms with Crippen LogP contribution < -0.4 is 15.5 Å². The van der Waals surface area contributed by atoms with E-state index in [-0.39, 0.29) is 17.7 Å². The van der Waals surface area contributed by atoms with Crippen LogP contribution >= 0.6 is 0 Å². The third-order valence-corrected chi connectivity index (χ3v) is 5.76. The Morgan fingerprint density at radius 1 is 1.32 bits per heavy atom. The van der Waals surface area contributed by atoms with E-state index in [1.807, 2.05) is 0 Å². The summed E-state index contributed by atoms with van der Waals surface area (Å²) in [6.07, 6.45) is 5.56. The molecule has 2 aliphatic rings. The van der Waals surface area contributed by atoms with Gasteiger partial charge in [-0.15, -0.1) is 0 Å². The molecule has 2 aromatic rings.